The third-order valence-electron chi connectivity index (χ3n) is 3.84. The largest absolute Gasteiger partial charge is 0.465 e. The zero-order valence-electron chi connectivity index (χ0n) is 12.5. The van der Waals surface area contributed by atoms with Gasteiger partial charge in [-0.15, -0.1) is 11.3 Å². The van der Waals surface area contributed by atoms with Crippen LogP contribution in [0.1, 0.15) is 11.1 Å². The average molecular weight is 431 g/mol. The van der Waals surface area contributed by atoms with Gasteiger partial charge in [-0.25, -0.2) is 13.2 Å². The third-order valence-corrected chi connectivity index (χ3v) is 7.34. The fourth-order valence-electron chi connectivity index (χ4n) is 2.63. The smallest absolute Gasteiger partial charge is 0.407 e. The lowest BCUT2D eigenvalue weighted by Gasteiger charge is -2.15. The van der Waals surface area contributed by atoms with Crippen molar-refractivity contribution in [3.8, 4) is 0 Å². The Morgan fingerprint density at radius 2 is 1.88 bits per heavy atom. The quantitative estimate of drug-likeness (QED) is 0.780. The van der Waals surface area contributed by atoms with Crippen LogP contribution in [0.4, 0.5) is 10.5 Å². The molecule has 0 bridgehead atoms. The van der Waals surface area contributed by atoms with E-state index in [1.165, 1.54) is 4.90 Å². The van der Waals surface area contributed by atoms with Crippen molar-refractivity contribution in [3.63, 3.8) is 0 Å². The number of hydrogen-bond donors (Lipinski definition) is 2. The van der Waals surface area contributed by atoms with Crippen molar-refractivity contribution in [1.29, 1.82) is 0 Å². The summed E-state index contributed by atoms with van der Waals surface area (Å²) >= 11 is 4.40. The number of nitrogens with one attached hydrogen (secondary N) is 1. The van der Waals surface area contributed by atoms with Crippen molar-refractivity contribution in [3.05, 3.63) is 45.2 Å². The summed E-state index contributed by atoms with van der Waals surface area (Å²) in [6, 6.07) is 8.61. The van der Waals surface area contributed by atoms with Crippen molar-refractivity contribution in [2.24, 2.45) is 0 Å². The summed E-state index contributed by atoms with van der Waals surface area (Å²) < 4.78 is 28.3. The summed E-state index contributed by atoms with van der Waals surface area (Å²) in [5.74, 6) is 0. The lowest BCUT2D eigenvalue weighted by atomic mass is 10.0. The van der Waals surface area contributed by atoms with Crippen LogP contribution in [0.2, 0.25) is 0 Å². The van der Waals surface area contributed by atoms with E-state index in [0.717, 1.165) is 26.3 Å². The van der Waals surface area contributed by atoms with E-state index < -0.39 is 16.1 Å². The number of thiophene rings is 1. The number of nitrogens with zero attached hydrogens (tertiary/aromatic N) is 1. The fourth-order valence-corrected chi connectivity index (χ4v) is 5.69. The standard InChI is InChI=1S/C15H15BrN2O4S2/c16-13-3-4-14(23-13)24(21,22)17-12-2-1-10-5-7-18(15(19)20)8-6-11(10)9-12/h1-4,9,17H,5-8H2,(H,19,20). The zero-order valence-corrected chi connectivity index (χ0v) is 15.7. The van der Waals surface area contributed by atoms with Gasteiger partial charge in [-0.1, -0.05) is 6.07 Å². The van der Waals surface area contributed by atoms with Gasteiger partial charge in [0.1, 0.15) is 4.21 Å². The highest BCUT2D eigenvalue weighted by Gasteiger charge is 2.20. The Morgan fingerprint density at radius 3 is 2.50 bits per heavy atom. The molecule has 2 aromatic rings. The number of halogens is 1. The SMILES string of the molecule is O=C(O)N1CCc2ccc(NS(=O)(=O)c3ccc(Br)s3)cc2CC1. The minimum atomic E-state index is -3.62. The van der Waals surface area contributed by atoms with E-state index in [1.54, 1.807) is 24.3 Å². The topological polar surface area (TPSA) is 86.7 Å². The second-order valence-electron chi connectivity index (χ2n) is 5.42. The molecule has 0 fully saturated rings. The Morgan fingerprint density at radius 1 is 1.17 bits per heavy atom. The molecular weight excluding hydrogens is 416 g/mol. The van der Waals surface area contributed by atoms with Crippen molar-refractivity contribution >= 4 is 49.1 Å². The summed E-state index contributed by atoms with van der Waals surface area (Å²) in [5, 5.41) is 9.11. The first-order valence-electron chi connectivity index (χ1n) is 7.23. The molecule has 24 heavy (non-hydrogen) atoms. The predicted octanol–water partition coefficient (Wildman–Crippen LogP) is 3.39. The van der Waals surface area contributed by atoms with Crippen LogP contribution in [0.3, 0.4) is 0 Å². The highest BCUT2D eigenvalue weighted by molar-refractivity contribution is 9.11. The fraction of sp³-hybridized carbons (Fsp3) is 0.267. The van der Waals surface area contributed by atoms with Gasteiger partial charge in [-0.3, -0.25) is 4.72 Å². The molecule has 1 aromatic carbocycles. The van der Waals surface area contributed by atoms with Gasteiger partial charge >= 0.3 is 6.09 Å². The van der Waals surface area contributed by atoms with Crippen molar-refractivity contribution in [1.82, 2.24) is 4.90 Å². The van der Waals surface area contributed by atoms with Gasteiger partial charge in [-0.05, 0) is 64.2 Å². The molecule has 128 valence electrons. The second-order valence-corrected chi connectivity index (χ2v) is 9.79. The molecule has 0 unspecified atom stereocenters. The molecule has 1 aliphatic rings. The molecule has 1 amide bonds. The van der Waals surface area contributed by atoms with Crippen LogP contribution in [0, 0.1) is 0 Å². The van der Waals surface area contributed by atoms with Gasteiger partial charge in [0.25, 0.3) is 10.0 Å². The van der Waals surface area contributed by atoms with Gasteiger partial charge in [0.05, 0.1) is 3.79 Å². The summed E-state index contributed by atoms with van der Waals surface area (Å²) in [6.45, 7) is 0.868. The van der Waals surface area contributed by atoms with Crippen LogP contribution < -0.4 is 4.72 Å². The van der Waals surface area contributed by atoms with E-state index in [1.807, 2.05) is 6.07 Å². The highest BCUT2D eigenvalue weighted by Crippen LogP contribution is 2.28. The second kappa shape index (κ2) is 6.73. The molecule has 0 saturated carbocycles. The van der Waals surface area contributed by atoms with Gasteiger partial charge in [0.15, 0.2) is 0 Å². The maximum Gasteiger partial charge on any atom is 0.407 e. The number of rotatable bonds is 3. The molecule has 0 atom stereocenters. The predicted molar refractivity (Wildman–Crippen MR) is 96.3 cm³/mol. The van der Waals surface area contributed by atoms with E-state index in [0.29, 0.717) is 31.6 Å². The van der Waals surface area contributed by atoms with E-state index in [9.17, 15) is 13.2 Å². The monoisotopic (exact) mass is 430 g/mol. The lowest BCUT2D eigenvalue weighted by molar-refractivity contribution is 0.147. The molecule has 1 aromatic heterocycles. The lowest BCUT2D eigenvalue weighted by Crippen LogP contribution is -2.31. The maximum atomic E-state index is 12.4. The molecule has 2 N–H and O–H groups in total. The van der Waals surface area contributed by atoms with Gasteiger partial charge in [0.2, 0.25) is 0 Å². The number of carboxylic acid groups (broad SMARTS) is 1. The van der Waals surface area contributed by atoms with E-state index in [2.05, 4.69) is 20.7 Å². The van der Waals surface area contributed by atoms with Crippen LogP contribution in [0.5, 0.6) is 0 Å². The van der Waals surface area contributed by atoms with E-state index >= 15 is 0 Å². The first kappa shape index (κ1) is 17.2. The number of fused-ring (bicyclic) bond motifs is 1. The molecule has 0 radical (unpaired) electrons. The zero-order chi connectivity index (χ0) is 17.3. The van der Waals surface area contributed by atoms with Crippen LogP contribution in [-0.4, -0.2) is 37.6 Å². The van der Waals surface area contributed by atoms with Crippen molar-refractivity contribution in [2.45, 2.75) is 17.1 Å². The Balaban J connectivity index is 1.81. The molecule has 1 aliphatic heterocycles. The minimum absolute atomic E-state index is 0.237. The van der Waals surface area contributed by atoms with Crippen LogP contribution in [0.25, 0.3) is 0 Å². The number of sulfonamides is 1. The summed E-state index contributed by atoms with van der Waals surface area (Å²) in [4.78, 5) is 12.5. The first-order valence-corrected chi connectivity index (χ1v) is 10.3. The van der Waals surface area contributed by atoms with Gasteiger partial charge in [-0.2, -0.15) is 0 Å². The van der Waals surface area contributed by atoms with Crippen molar-refractivity contribution in [2.75, 3.05) is 17.8 Å². The number of amides is 1. The van der Waals surface area contributed by atoms with Crippen LogP contribution >= 0.6 is 27.3 Å². The first-order chi connectivity index (χ1) is 11.3. The summed E-state index contributed by atoms with van der Waals surface area (Å²) in [7, 11) is -3.62. The van der Waals surface area contributed by atoms with Crippen molar-refractivity contribution < 1.29 is 18.3 Å². The third kappa shape index (κ3) is 3.73. The summed E-state index contributed by atoms with van der Waals surface area (Å²) in [5.41, 5.74) is 2.52. The number of anilines is 1. The molecule has 3 rings (SSSR count). The maximum absolute atomic E-state index is 12.4. The normalized spacial score (nSPS) is 14.8. The number of hydrogen-bond acceptors (Lipinski definition) is 4. The van der Waals surface area contributed by atoms with Gasteiger partial charge in [0, 0.05) is 18.8 Å². The molecule has 0 saturated heterocycles. The van der Waals surface area contributed by atoms with E-state index in [4.69, 9.17) is 5.11 Å². The molecule has 0 spiro atoms. The van der Waals surface area contributed by atoms with Gasteiger partial charge < -0.3 is 10.0 Å². The van der Waals surface area contributed by atoms with Crippen LogP contribution in [-0.2, 0) is 22.9 Å². The average Bonchev–Trinajstić information content (AvgIpc) is 2.84. The molecule has 9 heteroatoms. The molecule has 6 nitrogen and oxygen atoms in total. The Bertz CT molecular complexity index is 879. The number of benzene rings is 1. The Hall–Kier alpha value is -1.58. The Kier molecular flexibility index (Phi) is 4.84. The molecular formula is C15H15BrN2O4S2. The van der Waals surface area contributed by atoms with E-state index in [-0.39, 0.29) is 4.21 Å². The Labute approximate surface area is 152 Å². The molecule has 2 heterocycles. The van der Waals surface area contributed by atoms with Crippen LogP contribution in [0.15, 0.2) is 38.3 Å². The summed E-state index contributed by atoms with van der Waals surface area (Å²) in [6.07, 6.45) is 0.279. The molecule has 0 aliphatic carbocycles. The number of carbonyl (C=O) groups is 1. The minimum Gasteiger partial charge on any atom is -0.465 e. The highest BCUT2D eigenvalue weighted by atomic mass is 79.9.